The van der Waals surface area contributed by atoms with Crippen LogP contribution in [0.5, 0.6) is 11.5 Å². The number of esters is 1. The number of hydrogen-bond acceptors (Lipinski definition) is 9. The number of aromatic hydroxyl groups is 2. The molecular formula is C31H26Cl2N2O8. The highest BCUT2D eigenvalue weighted by atomic mass is 35.5. The molecule has 12 heteroatoms. The molecule has 2 heterocycles. The highest BCUT2D eigenvalue weighted by Crippen LogP contribution is 2.28. The van der Waals surface area contributed by atoms with E-state index in [1.807, 2.05) is 6.07 Å². The molecule has 2 aromatic carbocycles. The summed E-state index contributed by atoms with van der Waals surface area (Å²) in [7, 11) is 1.25. The Balaban J connectivity index is 0.000000236. The number of carbonyl (C=O) groups is 4. The summed E-state index contributed by atoms with van der Waals surface area (Å²) in [6, 6.07) is 16.9. The Kier molecular flexibility index (Phi) is 11.7. The predicted molar refractivity (Wildman–Crippen MR) is 159 cm³/mol. The molecule has 0 saturated heterocycles. The molecule has 0 aliphatic rings. The Morgan fingerprint density at radius 1 is 0.674 bits per heavy atom. The molecule has 0 saturated carbocycles. The van der Waals surface area contributed by atoms with Crippen LogP contribution < -0.4 is 0 Å². The van der Waals surface area contributed by atoms with Gasteiger partial charge in [-0.05, 0) is 47.5 Å². The third-order valence-corrected chi connectivity index (χ3v) is 6.40. The Morgan fingerprint density at radius 2 is 1.12 bits per heavy atom. The number of carboxylic acid groups (broad SMARTS) is 1. The standard InChI is InChI=1S/C16H14ClNO4.C15H12ClNO4/c1-22-15(21)6-5-13(19)16-14(20)8-11(9-18-16)10-3-2-4-12(17)7-10;16-11-3-1-2-9(6-11)10-7-13(19)15(17-8-10)12(18)4-5-14(20)21/h2-4,7-9,20H,5-6H2,1H3;1-3,6-8,19H,4-5H2,(H,20,21). The number of halogens is 2. The van der Waals surface area contributed by atoms with Crippen LogP contribution in [-0.2, 0) is 14.3 Å². The number of aromatic nitrogens is 2. The first kappa shape index (κ1) is 32.7. The van der Waals surface area contributed by atoms with Crippen LogP contribution in [0.2, 0.25) is 10.0 Å². The van der Waals surface area contributed by atoms with E-state index in [-0.39, 0.29) is 48.6 Å². The maximum Gasteiger partial charge on any atom is 0.305 e. The van der Waals surface area contributed by atoms with Crippen LogP contribution in [0.15, 0.2) is 73.1 Å². The number of methoxy groups -OCH3 is 1. The van der Waals surface area contributed by atoms with Crippen molar-refractivity contribution < 1.29 is 39.2 Å². The van der Waals surface area contributed by atoms with Crippen molar-refractivity contribution in [3.05, 3.63) is 94.5 Å². The van der Waals surface area contributed by atoms with Gasteiger partial charge in [0.1, 0.15) is 22.9 Å². The van der Waals surface area contributed by atoms with Gasteiger partial charge in [-0.25, -0.2) is 9.97 Å². The second kappa shape index (κ2) is 15.4. The fourth-order valence-electron chi connectivity index (χ4n) is 3.76. The number of carbonyl (C=O) groups excluding carboxylic acids is 3. The van der Waals surface area contributed by atoms with Crippen molar-refractivity contribution in [2.75, 3.05) is 7.11 Å². The van der Waals surface area contributed by atoms with Gasteiger partial charge < -0.3 is 20.1 Å². The second-order valence-corrected chi connectivity index (χ2v) is 9.89. The fraction of sp³-hybridized carbons (Fsp3) is 0.161. The molecular weight excluding hydrogens is 599 g/mol. The minimum Gasteiger partial charge on any atom is -0.506 e. The number of benzene rings is 2. The van der Waals surface area contributed by atoms with Crippen LogP contribution >= 0.6 is 23.2 Å². The first-order valence-corrected chi connectivity index (χ1v) is 13.5. The van der Waals surface area contributed by atoms with Gasteiger partial charge in [-0.2, -0.15) is 0 Å². The molecule has 0 amide bonds. The molecule has 0 atom stereocenters. The maximum atomic E-state index is 11.9. The molecule has 0 aliphatic carbocycles. The average molecular weight is 625 g/mol. The first-order chi connectivity index (χ1) is 20.5. The Morgan fingerprint density at radius 3 is 1.49 bits per heavy atom. The van der Waals surface area contributed by atoms with Gasteiger partial charge in [0.25, 0.3) is 0 Å². The Hall–Kier alpha value is -4.80. The number of ether oxygens (including phenoxy) is 1. The molecule has 4 rings (SSSR count). The minimum atomic E-state index is -1.07. The largest absolute Gasteiger partial charge is 0.506 e. The number of Topliss-reactive ketones (excluding diaryl/α,β-unsaturated/α-hetero) is 2. The number of pyridine rings is 2. The molecule has 222 valence electrons. The molecule has 0 aliphatic heterocycles. The number of aliphatic carboxylic acids is 1. The van der Waals surface area contributed by atoms with Crippen molar-refractivity contribution in [1.29, 1.82) is 0 Å². The number of rotatable bonds is 10. The normalized spacial score (nSPS) is 10.3. The van der Waals surface area contributed by atoms with Crippen molar-refractivity contribution in [1.82, 2.24) is 9.97 Å². The molecule has 0 bridgehead atoms. The zero-order chi connectivity index (χ0) is 31.5. The lowest BCUT2D eigenvalue weighted by atomic mass is 10.1. The Bertz CT molecular complexity index is 1660. The van der Waals surface area contributed by atoms with Gasteiger partial charge in [-0.15, -0.1) is 0 Å². The van der Waals surface area contributed by atoms with E-state index in [1.165, 1.54) is 31.6 Å². The molecule has 4 aromatic rings. The third-order valence-electron chi connectivity index (χ3n) is 5.93. The predicted octanol–water partition coefficient (Wildman–Crippen LogP) is 6.40. The van der Waals surface area contributed by atoms with Crippen LogP contribution in [0.1, 0.15) is 46.7 Å². The molecule has 0 fully saturated rings. The summed E-state index contributed by atoms with van der Waals surface area (Å²) in [5.41, 5.74) is 2.62. The monoisotopic (exact) mass is 624 g/mol. The van der Waals surface area contributed by atoms with Crippen molar-refractivity contribution in [3.8, 4) is 33.8 Å². The Labute approximate surface area is 256 Å². The van der Waals surface area contributed by atoms with E-state index in [1.54, 1.807) is 42.5 Å². The van der Waals surface area contributed by atoms with Crippen molar-refractivity contribution >= 4 is 46.7 Å². The summed E-state index contributed by atoms with van der Waals surface area (Å²) in [5.74, 6) is -2.98. The summed E-state index contributed by atoms with van der Waals surface area (Å²) >= 11 is 11.8. The zero-order valence-electron chi connectivity index (χ0n) is 22.8. The van der Waals surface area contributed by atoms with Gasteiger partial charge in [0.2, 0.25) is 0 Å². The molecule has 0 radical (unpaired) electrons. The molecule has 0 spiro atoms. The van der Waals surface area contributed by atoms with E-state index in [0.29, 0.717) is 21.2 Å². The fourth-order valence-corrected chi connectivity index (χ4v) is 4.14. The van der Waals surface area contributed by atoms with Crippen molar-refractivity contribution in [3.63, 3.8) is 0 Å². The van der Waals surface area contributed by atoms with Crippen LogP contribution in [0.3, 0.4) is 0 Å². The quantitative estimate of drug-likeness (QED) is 0.133. The smallest absolute Gasteiger partial charge is 0.305 e. The van der Waals surface area contributed by atoms with E-state index in [0.717, 1.165) is 11.1 Å². The van der Waals surface area contributed by atoms with Crippen LogP contribution in [-0.4, -0.2) is 55.9 Å². The summed E-state index contributed by atoms with van der Waals surface area (Å²) in [5, 5.41) is 29.5. The van der Waals surface area contributed by atoms with Crippen LogP contribution in [0.4, 0.5) is 0 Å². The van der Waals surface area contributed by atoms with Gasteiger partial charge in [-0.3, -0.25) is 19.2 Å². The topological polar surface area (TPSA) is 164 Å². The summed E-state index contributed by atoms with van der Waals surface area (Å²) in [4.78, 5) is 53.1. The van der Waals surface area contributed by atoms with Gasteiger partial charge in [-0.1, -0.05) is 47.5 Å². The maximum absolute atomic E-state index is 11.9. The average Bonchev–Trinajstić information content (AvgIpc) is 2.98. The van der Waals surface area contributed by atoms with Gasteiger partial charge >= 0.3 is 11.9 Å². The lowest BCUT2D eigenvalue weighted by Crippen LogP contribution is -2.07. The number of ketones is 2. The van der Waals surface area contributed by atoms with E-state index < -0.39 is 23.5 Å². The summed E-state index contributed by atoms with van der Waals surface area (Å²) < 4.78 is 4.47. The lowest BCUT2D eigenvalue weighted by molar-refractivity contribution is -0.140. The summed E-state index contributed by atoms with van der Waals surface area (Å²) in [6.07, 6.45) is 2.31. The van der Waals surface area contributed by atoms with Gasteiger partial charge in [0.15, 0.2) is 11.6 Å². The molecule has 0 unspecified atom stereocenters. The number of nitrogens with zero attached hydrogens (tertiary/aromatic N) is 2. The molecule has 2 aromatic heterocycles. The highest BCUT2D eigenvalue weighted by Gasteiger charge is 2.17. The van der Waals surface area contributed by atoms with E-state index in [2.05, 4.69) is 14.7 Å². The van der Waals surface area contributed by atoms with E-state index >= 15 is 0 Å². The van der Waals surface area contributed by atoms with E-state index in [4.69, 9.17) is 28.3 Å². The van der Waals surface area contributed by atoms with Crippen molar-refractivity contribution in [2.24, 2.45) is 0 Å². The molecule has 43 heavy (non-hydrogen) atoms. The molecule has 3 N–H and O–H groups in total. The number of carboxylic acids is 1. The number of hydrogen-bond donors (Lipinski definition) is 3. The lowest BCUT2D eigenvalue weighted by Gasteiger charge is -2.06. The second-order valence-electron chi connectivity index (χ2n) is 9.02. The zero-order valence-corrected chi connectivity index (χ0v) is 24.3. The third kappa shape index (κ3) is 9.63. The van der Waals surface area contributed by atoms with Crippen LogP contribution in [0, 0.1) is 0 Å². The van der Waals surface area contributed by atoms with E-state index in [9.17, 15) is 29.4 Å². The minimum absolute atomic E-state index is 0.0491. The first-order valence-electron chi connectivity index (χ1n) is 12.7. The SMILES string of the molecule is COC(=O)CCC(=O)c1ncc(-c2cccc(Cl)c2)cc1O.O=C(O)CCC(=O)c1ncc(-c2cccc(Cl)c2)cc1O. The van der Waals surface area contributed by atoms with Gasteiger partial charge in [0, 0.05) is 46.4 Å². The highest BCUT2D eigenvalue weighted by molar-refractivity contribution is 6.31. The van der Waals surface area contributed by atoms with Crippen LogP contribution in [0.25, 0.3) is 22.3 Å². The molecule has 10 nitrogen and oxygen atoms in total. The summed E-state index contributed by atoms with van der Waals surface area (Å²) in [6.45, 7) is 0. The van der Waals surface area contributed by atoms with Crippen molar-refractivity contribution in [2.45, 2.75) is 25.7 Å². The van der Waals surface area contributed by atoms with Gasteiger partial charge in [0.05, 0.1) is 20.0 Å².